The summed E-state index contributed by atoms with van der Waals surface area (Å²) in [6, 6.07) is 19.0. The number of rotatable bonds is 2. The van der Waals surface area contributed by atoms with Crippen LogP contribution in [0.25, 0.3) is 43.5 Å². The zero-order valence-corrected chi connectivity index (χ0v) is 16.7. The number of aromatic hydroxyl groups is 1. The molecule has 1 N–H and O–H groups in total. The van der Waals surface area contributed by atoms with E-state index in [0.717, 1.165) is 38.3 Å². The highest BCUT2D eigenvalue weighted by Gasteiger charge is 2.16. The normalized spacial score (nSPS) is 12.4. The van der Waals surface area contributed by atoms with Gasteiger partial charge in [-0.25, -0.2) is 0 Å². The van der Waals surface area contributed by atoms with Crippen LogP contribution in [0.1, 0.15) is 50.7 Å². The average Bonchev–Trinajstić information content (AvgIpc) is 2.99. The van der Waals surface area contributed by atoms with Gasteiger partial charge in [-0.15, -0.1) is 0 Å². The Morgan fingerprint density at radius 3 is 1.96 bits per heavy atom. The molecule has 0 saturated carbocycles. The van der Waals surface area contributed by atoms with Crippen molar-refractivity contribution in [2.75, 3.05) is 0 Å². The minimum absolute atomic E-state index is 0.238. The molecule has 0 fully saturated rings. The summed E-state index contributed by atoms with van der Waals surface area (Å²) < 4.78 is 6.30. The number of benzene rings is 4. The van der Waals surface area contributed by atoms with Gasteiger partial charge >= 0.3 is 0 Å². The van der Waals surface area contributed by atoms with Crippen LogP contribution in [-0.4, -0.2) is 5.11 Å². The lowest BCUT2D eigenvalue weighted by molar-refractivity contribution is 0.466. The van der Waals surface area contributed by atoms with Crippen molar-refractivity contribution in [3.05, 3.63) is 65.7 Å². The van der Waals surface area contributed by atoms with Gasteiger partial charge in [0.15, 0.2) is 0 Å². The molecule has 0 aliphatic carbocycles. The molecule has 0 aliphatic heterocycles. The van der Waals surface area contributed by atoms with Crippen LogP contribution in [0.2, 0.25) is 0 Å². The van der Waals surface area contributed by atoms with E-state index in [4.69, 9.17) is 4.42 Å². The number of hydrogen-bond donors (Lipinski definition) is 1. The van der Waals surface area contributed by atoms with Crippen LogP contribution in [0.4, 0.5) is 0 Å². The van der Waals surface area contributed by atoms with Crippen LogP contribution in [0.3, 0.4) is 0 Å². The summed E-state index contributed by atoms with van der Waals surface area (Å²) in [6.07, 6.45) is 0. The van der Waals surface area contributed by atoms with Crippen molar-refractivity contribution in [2.24, 2.45) is 0 Å². The Morgan fingerprint density at radius 1 is 0.679 bits per heavy atom. The molecule has 5 rings (SSSR count). The minimum Gasteiger partial charge on any atom is -0.508 e. The number of furan rings is 1. The Balaban J connectivity index is 1.89. The van der Waals surface area contributed by atoms with Crippen molar-refractivity contribution >= 4 is 43.5 Å². The van der Waals surface area contributed by atoms with Crippen molar-refractivity contribution in [3.63, 3.8) is 0 Å². The van der Waals surface area contributed by atoms with Gasteiger partial charge in [0.05, 0.1) is 0 Å². The summed E-state index contributed by atoms with van der Waals surface area (Å²) in [6.45, 7) is 8.67. The number of phenols is 1. The standard InChI is InChI=1S/C26H24O2/c1-14(2)18-7-5-6-16-10-21-22-11-17-8-9-23(27)26(15(3)4)20(17)13-25(22)28-24(21)12-19(16)18/h5-15,27H,1-4H3. The largest absolute Gasteiger partial charge is 0.508 e. The smallest absolute Gasteiger partial charge is 0.136 e. The monoisotopic (exact) mass is 368 g/mol. The van der Waals surface area contributed by atoms with E-state index in [2.05, 4.69) is 70.2 Å². The van der Waals surface area contributed by atoms with E-state index in [0.29, 0.717) is 11.7 Å². The fraction of sp³-hybridized carbons (Fsp3) is 0.231. The number of fused-ring (bicyclic) bond motifs is 5. The average molecular weight is 368 g/mol. The summed E-state index contributed by atoms with van der Waals surface area (Å²) in [4.78, 5) is 0. The Bertz CT molecular complexity index is 1370. The van der Waals surface area contributed by atoms with Crippen LogP contribution in [0.5, 0.6) is 5.75 Å². The first-order valence-corrected chi connectivity index (χ1v) is 9.98. The van der Waals surface area contributed by atoms with E-state index in [1.165, 1.54) is 16.3 Å². The van der Waals surface area contributed by atoms with Crippen LogP contribution < -0.4 is 0 Å². The molecule has 0 aliphatic rings. The molecule has 28 heavy (non-hydrogen) atoms. The summed E-state index contributed by atoms with van der Waals surface area (Å²) in [5.74, 6) is 1.05. The fourth-order valence-corrected chi connectivity index (χ4v) is 4.51. The molecule has 0 amide bonds. The molecule has 0 bridgehead atoms. The number of phenolic OH excluding ortho intramolecular Hbond substituents is 1. The molecule has 2 nitrogen and oxygen atoms in total. The molecule has 0 radical (unpaired) electrons. The third-order valence-electron chi connectivity index (χ3n) is 5.86. The van der Waals surface area contributed by atoms with Gasteiger partial charge in [0, 0.05) is 16.3 Å². The summed E-state index contributed by atoms with van der Waals surface area (Å²) in [5, 5.41) is 17.3. The quantitative estimate of drug-likeness (QED) is 0.344. The maximum absolute atomic E-state index is 10.4. The second-order valence-electron chi connectivity index (χ2n) is 8.40. The predicted octanol–water partition coefficient (Wildman–Crippen LogP) is 7.84. The highest BCUT2D eigenvalue weighted by molar-refractivity contribution is 6.14. The highest BCUT2D eigenvalue weighted by atomic mass is 16.3. The second kappa shape index (κ2) is 6.00. The first-order chi connectivity index (χ1) is 13.4. The Hall–Kier alpha value is -3.00. The first kappa shape index (κ1) is 17.1. The van der Waals surface area contributed by atoms with Gasteiger partial charge in [0.2, 0.25) is 0 Å². The maximum Gasteiger partial charge on any atom is 0.136 e. The summed E-state index contributed by atoms with van der Waals surface area (Å²) in [5.41, 5.74) is 4.11. The van der Waals surface area contributed by atoms with Crippen LogP contribution >= 0.6 is 0 Å². The highest BCUT2D eigenvalue weighted by Crippen LogP contribution is 2.40. The molecule has 0 unspecified atom stereocenters. The van der Waals surface area contributed by atoms with Crippen molar-refractivity contribution in [1.29, 1.82) is 0 Å². The van der Waals surface area contributed by atoms with Gasteiger partial charge in [-0.3, -0.25) is 0 Å². The van der Waals surface area contributed by atoms with Gasteiger partial charge in [0.25, 0.3) is 0 Å². The molecule has 1 heterocycles. The van der Waals surface area contributed by atoms with Crippen molar-refractivity contribution in [1.82, 2.24) is 0 Å². The molecule has 0 spiro atoms. The predicted molar refractivity (Wildman–Crippen MR) is 119 cm³/mol. The van der Waals surface area contributed by atoms with E-state index in [-0.39, 0.29) is 5.92 Å². The van der Waals surface area contributed by atoms with E-state index in [1.807, 2.05) is 6.07 Å². The molecular formula is C26H24O2. The topological polar surface area (TPSA) is 33.4 Å². The van der Waals surface area contributed by atoms with Crippen molar-refractivity contribution in [2.45, 2.75) is 39.5 Å². The molecule has 4 aromatic carbocycles. The summed E-state index contributed by atoms with van der Waals surface area (Å²) in [7, 11) is 0. The van der Waals surface area contributed by atoms with Gasteiger partial charge in [-0.2, -0.15) is 0 Å². The summed E-state index contributed by atoms with van der Waals surface area (Å²) >= 11 is 0. The van der Waals surface area contributed by atoms with E-state index in [1.54, 1.807) is 6.07 Å². The molecule has 1 aromatic heterocycles. The van der Waals surface area contributed by atoms with E-state index >= 15 is 0 Å². The van der Waals surface area contributed by atoms with Crippen LogP contribution in [-0.2, 0) is 0 Å². The van der Waals surface area contributed by atoms with Crippen LogP contribution in [0.15, 0.2) is 59.0 Å². The van der Waals surface area contributed by atoms with Gasteiger partial charge in [-0.1, -0.05) is 52.0 Å². The molecule has 0 atom stereocenters. The zero-order chi connectivity index (χ0) is 19.6. The molecule has 2 heteroatoms. The Morgan fingerprint density at radius 2 is 1.32 bits per heavy atom. The van der Waals surface area contributed by atoms with Gasteiger partial charge in [-0.05, 0) is 69.3 Å². The molecule has 140 valence electrons. The van der Waals surface area contributed by atoms with Crippen LogP contribution in [0, 0.1) is 0 Å². The Kier molecular flexibility index (Phi) is 3.67. The third kappa shape index (κ3) is 2.41. The lowest BCUT2D eigenvalue weighted by atomic mass is 9.93. The molecular weight excluding hydrogens is 344 g/mol. The molecule has 0 saturated heterocycles. The Labute approximate surface area is 164 Å². The molecule has 5 aromatic rings. The lowest BCUT2D eigenvalue weighted by Gasteiger charge is -2.12. The zero-order valence-electron chi connectivity index (χ0n) is 16.7. The SMILES string of the molecule is CC(C)c1cccc2cc3c(cc12)oc1cc2c(C(C)C)c(O)ccc2cc13. The maximum atomic E-state index is 10.4. The van der Waals surface area contributed by atoms with E-state index < -0.39 is 0 Å². The van der Waals surface area contributed by atoms with Gasteiger partial charge in [0.1, 0.15) is 16.9 Å². The fourth-order valence-electron chi connectivity index (χ4n) is 4.51. The van der Waals surface area contributed by atoms with Gasteiger partial charge < -0.3 is 9.52 Å². The second-order valence-corrected chi connectivity index (χ2v) is 8.40. The first-order valence-electron chi connectivity index (χ1n) is 9.98. The third-order valence-corrected chi connectivity index (χ3v) is 5.86. The minimum atomic E-state index is 0.238. The van der Waals surface area contributed by atoms with Crippen molar-refractivity contribution in [3.8, 4) is 5.75 Å². The van der Waals surface area contributed by atoms with Crippen molar-refractivity contribution < 1.29 is 9.52 Å². The van der Waals surface area contributed by atoms with E-state index in [9.17, 15) is 5.11 Å². The lowest BCUT2D eigenvalue weighted by Crippen LogP contribution is -1.90. The number of hydrogen-bond acceptors (Lipinski definition) is 2.